The first kappa shape index (κ1) is 13.7. The Balaban J connectivity index is 2.10. The van der Waals surface area contributed by atoms with Gasteiger partial charge in [0.1, 0.15) is 5.60 Å². The van der Waals surface area contributed by atoms with Gasteiger partial charge in [-0.05, 0) is 45.2 Å². The zero-order valence-electron chi connectivity index (χ0n) is 11.8. The number of fused-ring (bicyclic) bond motifs is 1. The van der Waals surface area contributed by atoms with E-state index in [1.807, 2.05) is 39.0 Å². The number of amides is 1. The third kappa shape index (κ3) is 3.88. The van der Waals surface area contributed by atoms with Gasteiger partial charge in [0.05, 0.1) is 6.04 Å². The summed E-state index contributed by atoms with van der Waals surface area (Å²) in [6.07, 6.45) is 1.59. The maximum absolute atomic E-state index is 11.9. The molecule has 0 bridgehead atoms. The van der Waals surface area contributed by atoms with Crippen molar-refractivity contribution in [1.82, 2.24) is 5.32 Å². The molecule has 1 aliphatic rings. The summed E-state index contributed by atoms with van der Waals surface area (Å²) in [4.78, 5) is 11.9. The minimum atomic E-state index is -0.466. The van der Waals surface area contributed by atoms with E-state index in [0.717, 1.165) is 30.6 Å². The molecule has 0 aliphatic carbocycles. The molecule has 0 unspecified atom stereocenters. The summed E-state index contributed by atoms with van der Waals surface area (Å²) in [5, 5.41) is 6.35. The number of benzene rings is 1. The molecular formula is C15H22N2O2. The van der Waals surface area contributed by atoms with E-state index in [-0.39, 0.29) is 12.1 Å². The number of nitrogens with one attached hydrogen (secondary N) is 2. The van der Waals surface area contributed by atoms with Crippen LogP contribution in [0, 0.1) is 0 Å². The first-order valence-corrected chi connectivity index (χ1v) is 6.78. The molecule has 4 nitrogen and oxygen atoms in total. The van der Waals surface area contributed by atoms with Crippen molar-refractivity contribution in [2.45, 2.75) is 45.3 Å². The van der Waals surface area contributed by atoms with Gasteiger partial charge in [0.25, 0.3) is 0 Å². The molecule has 1 atom stereocenters. The highest BCUT2D eigenvalue weighted by Gasteiger charge is 2.23. The molecule has 19 heavy (non-hydrogen) atoms. The van der Waals surface area contributed by atoms with Crippen LogP contribution in [0.25, 0.3) is 0 Å². The van der Waals surface area contributed by atoms with Crippen molar-refractivity contribution in [1.29, 1.82) is 0 Å². The summed E-state index contributed by atoms with van der Waals surface area (Å²) in [7, 11) is 0. The number of para-hydroxylation sites is 1. The summed E-state index contributed by atoms with van der Waals surface area (Å²) in [5.41, 5.74) is 1.76. The summed E-state index contributed by atoms with van der Waals surface area (Å²) in [6.45, 7) is 6.54. The van der Waals surface area contributed by atoms with Crippen LogP contribution in [0.5, 0.6) is 0 Å². The molecule has 1 heterocycles. The second-order valence-corrected chi connectivity index (χ2v) is 5.86. The van der Waals surface area contributed by atoms with Crippen LogP contribution in [0.15, 0.2) is 24.3 Å². The van der Waals surface area contributed by atoms with Crippen LogP contribution >= 0.6 is 0 Å². The Morgan fingerprint density at radius 3 is 2.84 bits per heavy atom. The second kappa shape index (κ2) is 5.51. The van der Waals surface area contributed by atoms with Crippen molar-refractivity contribution in [3.8, 4) is 0 Å². The van der Waals surface area contributed by atoms with Gasteiger partial charge in [-0.15, -0.1) is 0 Å². The van der Waals surface area contributed by atoms with Gasteiger partial charge in [0, 0.05) is 12.2 Å². The fourth-order valence-corrected chi connectivity index (χ4v) is 2.25. The van der Waals surface area contributed by atoms with Crippen molar-refractivity contribution in [3.05, 3.63) is 29.8 Å². The molecule has 0 spiro atoms. The van der Waals surface area contributed by atoms with Gasteiger partial charge >= 0.3 is 6.09 Å². The van der Waals surface area contributed by atoms with Crippen LogP contribution < -0.4 is 10.6 Å². The number of hydrogen-bond acceptors (Lipinski definition) is 3. The Morgan fingerprint density at radius 1 is 1.37 bits per heavy atom. The summed E-state index contributed by atoms with van der Waals surface area (Å²) in [5.74, 6) is 0. The minimum Gasteiger partial charge on any atom is -0.444 e. The molecule has 0 fully saturated rings. The monoisotopic (exact) mass is 262 g/mol. The van der Waals surface area contributed by atoms with Crippen LogP contribution in [-0.4, -0.2) is 18.2 Å². The molecule has 0 radical (unpaired) electrons. The first-order chi connectivity index (χ1) is 8.96. The van der Waals surface area contributed by atoms with Crippen molar-refractivity contribution >= 4 is 11.8 Å². The molecule has 1 amide bonds. The van der Waals surface area contributed by atoms with Crippen LogP contribution in [-0.2, 0) is 4.74 Å². The maximum Gasteiger partial charge on any atom is 0.408 e. The lowest BCUT2D eigenvalue weighted by Gasteiger charge is -2.23. The van der Waals surface area contributed by atoms with Gasteiger partial charge in [0.15, 0.2) is 0 Å². The normalized spacial score (nSPS) is 18.8. The number of carbonyl (C=O) groups is 1. The lowest BCUT2D eigenvalue weighted by atomic mass is 10.0. The van der Waals surface area contributed by atoms with Crippen molar-refractivity contribution < 1.29 is 9.53 Å². The SMILES string of the molecule is CC(C)(C)OC(=O)N[C@@H]1CCCNc2ccccc21. The zero-order valence-corrected chi connectivity index (χ0v) is 11.8. The van der Waals surface area contributed by atoms with Gasteiger partial charge in [-0.2, -0.15) is 0 Å². The highest BCUT2D eigenvalue weighted by atomic mass is 16.6. The number of ether oxygens (including phenoxy) is 1. The van der Waals surface area contributed by atoms with Gasteiger partial charge in [-0.1, -0.05) is 18.2 Å². The molecule has 1 aromatic carbocycles. The molecule has 4 heteroatoms. The van der Waals surface area contributed by atoms with Crippen molar-refractivity contribution in [2.24, 2.45) is 0 Å². The first-order valence-electron chi connectivity index (χ1n) is 6.78. The van der Waals surface area contributed by atoms with Crippen LogP contribution in [0.4, 0.5) is 10.5 Å². The Hall–Kier alpha value is -1.71. The van der Waals surface area contributed by atoms with E-state index in [9.17, 15) is 4.79 Å². The van der Waals surface area contributed by atoms with E-state index in [2.05, 4.69) is 16.7 Å². The number of alkyl carbamates (subject to hydrolysis) is 1. The quantitative estimate of drug-likeness (QED) is 0.815. The fourth-order valence-electron chi connectivity index (χ4n) is 2.25. The van der Waals surface area contributed by atoms with Crippen LogP contribution in [0.3, 0.4) is 0 Å². The third-order valence-corrected chi connectivity index (χ3v) is 3.01. The number of hydrogen-bond donors (Lipinski definition) is 2. The maximum atomic E-state index is 11.9. The Labute approximate surface area is 114 Å². The number of anilines is 1. The van der Waals surface area contributed by atoms with E-state index in [1.165, 1.54) is 0 Å². The van der Waals surface area contributed by atoms with Gasteiger partial charge in [-0.25, -0.2) is 4.79 Å². The zero-order chi connectivity index (χ0) is 13.9. The van der Waals surface area contributed by atoms with Crippen molar-refractivity contribution in [2.75, 3.05) is 11.9 Å². The van der Waals surface area contributed by atoms with Crippen molar-refractivity contribution in [3.63, 3.8) is 0 Å². The highest BCUT2D eigenvalue weighted by molar-refractivity contribution is 5.69. The molecular weight excluding hydrogens is 240 g/mol. The van der Waals surface area contributed by atoms with E-state index in [4.69, 9.17) is 4.74 Å². The highest BCUT2D eigenvalue weighted by Crippen LogP contribution is 2.29. The molecule has 104 valence electrons. The third-order valence-electron chi connectivity index (χ3n) is 3.01. The lowest BCUT2D eigenvalue weighted by Crippen LogP contribution is -2.34. The molecule has 0 aromatic heterocycles. The minimum absolute atomic E-state index is 0.0149. The Bertz CT molecular complexity index is 452. The standard InChI is InChI=1S/C15H22N2O2/c1-15(2,3)19-14(18)17-13-9-6-10-16-12-8-5-4-7-11(12)13/h4-5,7-8,13,16H,6,9-10H2,1-3H3,(H,17,18)/t13-/m1/s1. The predicted molar refractivity (Wildman–Crippen MR) is 76.3 cm³/mol. The molecule has 1 aromatic rings. The molecule has 2 N–H and O–H groups in total. The largest absolute Gasteiger partial charge is 0.444 e. The van der Waals surface area contributed by atoms with E-state index in [1.54, 1.807) is 0 Å². The molecule has 2 rings (SSSR count). The van der Waals surface area contributed by atoms with E-state index in [0.29, 0.717) is 0 Å². The van der Waals surface area contributed by atoms with Gasteiger partial charge in [-0.3, -0.25) is 0 Å². The average molecular weight is 262 g/mol. The predicted octanol–water partition coefficient (Wildman–Crippen LogP) is 3.46. The summed E-state index contributed by atoms with van der Waals surface area (Å²) in [6, 6.07) is 8.11. The lowest BCUT2D eigenvalue weighted by molar-refractivity contribution is 0.0501. The summed E-state index contributed by atoms with van der Waals surface area (Å²) < 4.78 is 5.33. The van der Waals surface area contributed by atoms with E-state index >= 15 is 0 Å². The second-order valence-electron chi connectivity index (χ2n) is 5.86. The number of carbonyl (C=O) groups excluding carboxylic acids is 1. The smallest absolute Gasteiger partial charge is 0.408 e. The topological polar surface area (TPSA) is 50.4 Å². The van der Waals surface area contributed by atoms with E-state index < -0.39 is 5.60 Å². The number of rotatable bonds is 1. The van der Waals surface area contributed by atoms with Crippen LogP contribution in [0.2, 0.25) is 0 Å². The average Bonchev–Trinajstić information content (AvgIpc) is 2.50. The molecule has 1 aliphatic heterocycles. The van der Waals surface area contributed by atoms with Gasteiger partial charge < -0.3 is 15.4 Å². The fraction of sp³-hybridized carbons (Fsp3) is 0.533. The summed E-state index contributed by atoms with van der Waals surface area (Å²) >= 11 is 0. The Morgan fingerprint density at radius 2 is 2.11 bits per heavy atom. The van der Waals surface area contributed by atoms with Gasteiger partial charge in [0.2, 0.25) is 0 Å². The van der Waals surface area contributed by atoms with Crippen LogP contribution in [0.1, 0.15) is 45.2 Å². The molecule has 0 saturated heterocycles. The Kier molecular flexibility index (Phi) is 3.98. The molecule has 0 saturated carbocycles.